The number of carbonyl (C=O) groups is 2. The Morgan fingerprint density at radius 1 is 1.48 bits per heavy atom. The quantitative estimate of drug-likeness (QED) is 0.849. The van der Waals surface area contributed by atoms with Gasteiger partial charge in [-0.2, -0.15) is 13.2 Å². The van der Waals surface area contributed by atoms with Gasteiger partial charge in [-0.3, -0.25) is 9.59 Å². The molecular weight excluding hydrogens is 315 g/mol. The Kier molecular flexibility index (Phi) is 5.41. The van der Waals surface area contributed by atoms with Crippen molar-refractivity contribution < 1.29 is 27.5 Å². The Hall–Kier alpha value is -2.32. The molecule has 1 aliphatic rings. The molecule has 0 aromatic carbocycles. The minimum absolute atomic E-state index is 0.0744. The molecule has 2 heterocycles. The Balaban J connectivity index is 1.83. The molecule has 0 aliphatic carbocycles. The topological polar surface area (TPSA) is 80.3 Å². The number of amides is 2. The van der Waals surface area contributed by atoms with Gasteiger partial charge in [-0.05, 0) is 18.1 Å². The fraction of sp³-hybridized carbons (Fsp3) is 0.500. The minimum atomic E-state index is -4.43. The largest absolute Gasteiger partial charge is 0.468 e. The fourth-order valence-corrected chi connectivity index (χ4v) is 2.09. The molecule has 1 aromatic rings. The van der Waals surface area contributed by atoms with Gasteiger partial charge in [0, 0.05) is 31.8 Å². The van der Waals surface area contributed by atoms with E-state index < -0.39 is 12.8 Å². The number of hydrogen-bond acceptors (Lipinski definition) is 4. The molecule has 1 fully saturated rings. The van der Waals surface area contributed by atoms with Crippen LogP contribution in [0.4, 0.5) is 13.2 Å². The van der Waals surface area contributed by atoms with Crippen molar-refractivity contribution in [3.8, 4) is 5.88 Å². The van der Waals surface area contributed by atoms with Crippen molar-refractivity contribution in [1.82, 2.24) is 15.6 Å². The van der Waals surface area contributed by atoms with E-state index in [1.165, 1.54) is 12.3 Å². The van der Waals surface area contributed by atoms with E-state index in [0.29, 0.717) is 24.9 Å². The summed E-state index contributed by atoms with van der Waals surface area (Å²) in [6.45, 7) is -0.979. The molecule has 1 aliphatic heterocycles. The third kappa shape index (κ3) is 5.76. The predicted molar refractivity (Wildman–Crippen MR) is 73.4 cm³/mol. The zero-order valence-electron chi connectivity index (χ0n) is 12.2. The SMILES string of the molecule is O=C1CC[C@@H](C(=O)NCc2ccnc(OCC(F)(F)F)c2)CN1. The van der Waals surface area contributed by atoms with E-state index in [-0.39, 0.29) is 30.2 Å². The molecule has 1 saturated heterocycles. The van der Waals surface area contributed by atoms with E-state index in [9.17, 15) is 22.8 Å². The van der Waals surface area contributed by atoms with Crippen molar-refractivity contribution in [3.05, 3.63) is 23.9 Å². The van der Waals surface area contributed by atoms with E-state index in [0.717, 1.165) is 0 Å². The Morgan fingerprint density at radius 3 is 2.91 bits per heavy atom. The number of rotatable bonds is 5. The minimum Gasteiger partial charge on any atom is -0.468 e. The van der Waals surface area contributed by atoms with Crippen LogP contribution in [0.2, 0.25) is 0 Å². The molecular formula is C14H16F3N3O3. The van der Waals surface area contributed by atoms with Gasteiger partial charge in [0.15, 0.2) is 6.61 Å². The Bertz CT molecular complexity index is 568. The van der Waals surface area contributed by atoms with Crippen LogP contribution in [0.15, 0.2) is 18.3 Å². The number of ether oxygens (including phenoxy) is 1. The first-order chi connectivity index (χ1) is 10.8. The summed E-state index contributed by atoms with van der Waals surface area (Å²) in [6, 6.07) is 2.91. The van der Waals surface area contributed by atoms with Crippen LogP contribution in [-0.2, 0) is 16.1 Å². The maximum Gasteiger partial charge on any atom is 0.422 e. The lowest BCUT2D eigenvalue weighted by atomic mass is 9.98. The van der Waals surface area contributed by atoms with Crippen LogP contribution in [-0.4, -0.2) is 36.1 Å². The first kappa shape index (κ1) is 17.0. The average molecular weight is 331 g/mol. The number of pyridine rings is 1. The maximum absolute atomic E-state index is 12.1. The van der Waals surface area contributed by atoms with Gasteiger partial charge in [0.2, 0.25) is 17.7 Å². The van der Waals surface area contributed by atoms with Crippen molar-refractivity contribution in [3.63, 3.8) is 0 Å². The summed E-state index contributed by atoms with van der Waals surface area (Å²) < 4.78 is 40.8. The highest BCUT2D eigenvalue weighted by molar-refractivity contribution is 5.83. The van der Waals surface area contributed by atoms with Crippen LogP contribution in [0.5, 0.6) is 5.88 Å². The van der Waals surface area contributed by atoms with Crippen LogP contribution < -0.4 is 15.4 Å². The molecule has 2 rings (SSSR count). The number of aromatic nitrogens is 1. The lowest BCUT2D eigenvalue weighted by Crippen LogP contribution is -2.42. The third-order valence-corrected chi connectivity index (χ3v) is 3.29. The van der Waals surface area contributed by atoms with Gasteiger partial charge in [0.1, 0.15) is 0 Å². The maximum atomic E-state index is 12.1. The number of nitrogens with zero attached hydrogens (tertiary/aromatic N) is 1. The number of halogens is 3. The average Bonchev–Trinajstić information content (AvgIpc) is 2.51. The molecule has 0 radical (unpaired) electrons. The zero-order chi connectivity index (χ0) is 16.9. The zero-order valence-corrected chi connectivity index (χ0v) is 12.2. The summed E-state index contributed by atoms with van der Waals surface area (Å²) in [5.41, 5.74) is 0.574. The second-order valence-corrected chi connectivity index (χ2v) is 5.16. The van der Waals surface area contributed by atoms with E-state index in [1.807, 2.05) is 0 Å². The predicted octanol–water partition coefficient (Wildman–Crippen LogP) is 1.17. The highest BCUT2D eigenvalue weighted by Crippen LogP contribution is 2.17. The number of carbonyl (C=O) groups excluding carboxylic acids is 2. The van der Waals surface area contributed by atoms with Crippen LogP contribution in [0.25, 0.3) is 0 Å². The monoisotopic (exact) mass is 331 g/mol. The van der Waals surface area contributed by atoms with E-state index >= 15 is 0 Å². The van der Waals surface area contributed by atoms with Gasteiger partial charge in [0.25, 0.3) is 0 Å². The Morgan fingerprint density at radius 2 is 2.26 bits per heavy atom. The lowest BCUT2D eigenvalue weighted by molar-refractivity contribution is -0.154. The summed E-state index contributed by atoms with van der Waals surface area (Å²) in [7, 11) is 0. The number of alkyl halides is 3. The highest BCUT2D eigenvalue weighted by atomic mass is 19.4. The fourth-order valence-electron chi connectivity index (χ4n) is 2.09. The number of hydrogen-bond donors (Lipinski definition) is 2. The summed E-state index contributed by atoms with van der Waals surface area (Å²) >= 11 is 0. The lowest BCUT2D eigenvalue weighted by Gasteiger charge is -2.21. The normalized spacial score (nSPS) is 18.2. The summed E-state index contributed by atoms with van der Waals surface area (Å²) in [6.07, 6.45) is -2.33. The molecule has 0 saturated carbocycles. The van der Waals surface area contributed by atoms with Crippen molar-refractivity contribution >= 4 is 11.8 Å². The summed E-state index contributed by atoms with van der Waals surface area (Å²) in [5, 5.41) is 5.30. The molecule has 0 spiro atoms. The molecule has 126 valence electrons. The van der Waals surface area contributed by atoms with Gasteiger partial charge < -0.3 is 15.4 Å². The molecule has 0 bridgehead atoms. The van der Waals surface area contributed by atoms with Gasteiger partial charge in [-0.1, -0.05) is 0 Å². The molecule has 23 heavy (non-hydrogen) atoms. The van der Waals surface area contributed by atoms with Crippen molar-refractivity contribution in [2.24, 2.45) is 5.92 Å². The van der Waals surface area contributed by atoms with E-state index in [2.05, 4.69) is 20.4 Å². The molecule has 1 atom stereocenters. The molecule has 6 nitrogen and oxygen atoms in total. The van der Waals surface area contributed by atoms with Gasteiger partial charge >= 0.3 is 6.18 Å². The molecule has 2 amide bonds. The number of piperidine rings is 1. The molecule has 2 N–H and O–H groups in total. The van der Waals surface area contributed by atoms with Gasteiger partial charge in [0.05, 0.1) is 5.92 Å². The third-order valence-electron chi connectivity index (χ3n) is 3.29. The second kappa shape index (κ2) is 7.30. The first-order valence-corrected chi connectivity index (χ1v) is 7.02. The van der Waals surface area contributed by atoms with Gasteiger partial charge in [-0.25, -0.2) is 4.98 Å². The van der Waals surface area contributed by atoms with Crippen LogP contribution in [0.3, 0.4) is 0 Å². The summed E-state index contributed by atoms with van der Waals surface area (Å²) in [5.74, 6) is -0.733. The number of nitrogens with one attached hydrogen (secondary N) is 2. The van der Waals surface area contributed by atoms with Crippen LogP contribution in [0, 0.1) is 5.92 Å². The van der Waals surface area contributed by atoms with E-state index in [4.69, 9.17) is 0 Å². The van der Waals surface area contributed by atoms with Gasteiger partial charge in [-0.15, -0.1) is 0 Å². The van der Waals surface area contributed by atoms with Crippen LogP contribution >= 0.6 is 0 Å². The molecule has 0 unspecified atom stereocenters. The second-order valence-electron chi connectivity index (χ2n) is 5.16. The molecule has 1 aromatic heterocycles. The molecule has 9 heteroatoms. The van der Waals surface area contributed by atoms with Crippen molar-refractivity contribution in [2.75, 3.05) is 13.2 Å². The van der Waals surface area contributed by atoms with Crippen LogP contribution in [0.1, 0.15) is 18.4 Å². The smallest absolute Gasteiger partial charge is 0.422 e. The Labute approximate surface area is 130 Å². The van der Waals surface area contributed by atoms with Crippen molar-refractivity contribution in [2.45, 2.75) is 25.6 Å². The highest BCUT2D eigenvalue weighted by Gasteiger charge is 2.28. The standard InChI is InChI=1S/C14H16F3N3O3/c15-14(16,17)8-23-12-5-9(3-4-18-12)6-20-13(22)10-1-2-11(21)19-7-10/h3-5,10H,1-2,6-8H2,(H,19,21)(H,20,22)/t10-/m1/s1. The van der Waals surface area contributed by atoms with E-state index in [1.54, 1.807) is 6.07 Å². The summed E-state index contributed by atoms with van der Waals surface area (Å²) in [4.78, 5) is 26.7. The van der Waals surface area contributed by atoms with Crippen molar-refractivity contribution in [1.29, 1.82) is 0 Å². The first-order valence-electron chi connectivity index (χ1n) is 7.02.